The Kier molecular flexibility index (Phi) is 15.9. The summed E-state index contributed by atoms with van der Waals surface area (Å²) in [6.45, 7) is 2.18. The number of ether oxygens (including phenoxy) is 1. The highest BCUT2D eigenvalue weighted by molar-refractivity contribution is 5.94. The molecular weight excluding hydrogens is 698 g/mol. The molecule has 2 aliphatic heterocycles. The van der Waals surface area contributed by atoms with E-state index in [0.717, 1.165) is 0 Å². The Balaban J connectivity index is 1.51. The summed E-state index contributed by atoms with van der Waals surface area (Å²) in [5, 5.41) is 34.4. The first-order valence-electron chi connectivity index (χ1n) is 18.0. The van der Waals surface area contributed by atoms with Crippen molar-refractivity contribution in [1.82, 2.24) is 46.9 Å². The van der Waals surface area contributed by atoms with E-state index in [0.29, 0.717) is 54.9 Å². The van der Waals surface area contributed by atoms with E-state index in [4.69, 9.17) is 4.74 Å². The summed E-state index contributed by atoms with van der Waals surface area (Å²) in [6.07, 6.45) is 3.60. The number of amides is 5. The van der Waals surface area contributed by atoms with Crippen LogP contribution in [0.3, 0.4) is 0 Å². The van der Waals surface area contributed by atoms with Crippen LogP contribution in [0.2, 0.25) is 0 Å². The SMILES string of the molecule is CNC(C)C(=O)NC1CCCCNC(=O)CCc2cn(nn2)CCOc2ccc(cc2)CC(C(=O)O)NC(=O)C(Cc2ccccc2)NC(=O)CNC1=O. The number of rotatable bonds is 6. The molecule has 2 aliphatic rings. The number of aryl methyl sites for hydroxylation is 1. The van der Waals surface area contributed by atoms with Crippen LogP contribution in [0.1, 0.15) is 49.4 Å². The molecule has 7 N–H and O–H groups in total. The van der Waals surface area contributed by atoms with Gasteiger partial charge in [0.1, 0.15) is 30.5 Å². The van der Waals surface area contributed by atoms with Gasteiger partial charge in [-0.05, 0) is 56.5 Å². The zero-order valence-electron chi connectivity index (χ0n) is 30.5. The van der Waals surface area contributed by atoms with Crippen molar-refractivity contribution in [3.05, 3.63) is 77.6 Å². The van der Waals surface area contributed by atoms with Crippen LogP contribution in [0.4, 0.5) is 0 Å². The number of carbonyl (C=O) groups is 6. The number of carboxylic acids is 1. The molecule has 0 aliphatic carbocycles. The van der Waals surface area contributed by atoms with Crippen LogP contribution in [-0.4, -0.2) is 107 Å². The number of carboxylic acid groups (broad SMARTS) is 1. The van der Waals surface area contributed by atoms with E-state index in [1.807, 2.05) is 0 Å². The van der Waals surface area contributed by atoms with Crippen molar-refractivity contribution in [3.63, 3.8) is 0 Å². The van der Waals surface area contributed by atoms with E-state index in [-0.39, 0.29) is 38.2 Å². The summed E-state index contributed by atoms with van der Waals surface area (Å²) >= 11 is 0. The van der Waals surface area contributed by atoms with Crippen molar-refractivity contribution in [1.29, 1.82) is 0 Å². The topological polar surface area (TPSA) is 235 Å². The lowest BCUT2D eigenvalue weighted by atomic mass is 10.0. The number of nitrogens with zero attached hydrogens (tertiary/aromatic N) is 3. The first-order valence-corrected chi connectivity index (χ1v) is 18.0. The molecule has 3 heterocycles. The normalized spacial score (nSPS) is 20.7. The fourth-order valence-corrected chi connectivity index (χ4v) is 5.57. The van der Waals surface area contributed by atoms with Gasteiger partial charge in [0.25, 0.3) is 0 Å². The molecule has 0 saturated heterocycles. The molecule has 0 saturated carbocycles. The van der Waals surface area contributed by atoms with Crippen molar-refractivity contribution in [3.8, 4) is 5.75 Å². The zero-order chi connectivity index (χ0) is 38.9. The smallest absolute Gasteiger partial charge is 0.326 e. The lowest BCUT2D eigenvalue weighted by Gasteiger charge is -2.23. The fraction of sp³-hybridized carbons (Fsp3) is 0.459. The minimum absolute atomic E-state index is 0.0392. The first-order chi connectivity index (χ1) is 26.0. The molecule has 3 aromatic rings. The van der Waals surface area contributed by atoms with Gasteiger partial charge in [0.15, 0.2) is 0 Å². The second-order valence-corrected chi connectivity index (χ2v) is 13.0. The molecule has 5 rings (SSSR count). The minimum atomic E-state index is -1.31. The number of nitrogens with one attached hydrogen (secondary N) is 6. The molecule has 0 radical (unpaired) electrons. The van der Waals surface area contributed by atoms with Gasteiger partial charge in [0.05, 0.1) is 24.8 Å². The van der Waals surface area contributed by atoms with Gasteiger partial charge in [0.2, 0.25) is 29.5 Å². The number of hydrogen-bond acceptors (Lipinski definition) is 10. The summed E-state index contributed by atoms with van der Waals surface area (Å²) in [5.41, 5.74) is 1.99. The number of benzene rings is 2. The number of aliphatic carboxylic acids is 1. The summed E-state index contributed by atoms with van der Waals surface area (Å²) in [5.74, 6) is -3.29. The van der Waals surface area contributed by atoms with Crippen molar-refractivity contribution >= 4 is 35.5 Å². The number of likely N-dealkylation sites (N-methyl/N-ethyl adjacent to an activating group) is 1. The Labute approximate surface area is 313 Å². The largest absolute Gasteiger partial charge is 0.492 e. The predicted molar refractivity (Wildman–Crippen MR) is 196 cm³/mol. The molecule has 2 aromatic carbocycles. The summed E-state index contributed by atoms with van der Waals surface area (Å²) in [4.78, 5) is 77.5. The van der Waals surface area contributed by atoms with E-state index >= 15 is 0 Å². The molecule has 0 fully saturated rings. The van der Waals surface area contributed by atoms with Gasteiger partial charge < -0.3 is 41.7 Å². The van der Waals surface area contributed by atoms with Crippen molar-refractivity contribution in [2.24, 2.45) is 0 Å². The molecule has 1 aromatic heterocycles. The summed E-state index contributed by atoms with van der Waals surface area (Å²) in [6, 6.07) is 11.6. The quantitative estimate of drug-likeness (QED) is 0.161. The Morgan fingerprint density at radius 2 is 1.72 bits per heavy atom. The van der Waals surface area contributed by atoms with E-state index in [1.54, 1.807) is 79.4 Å². The fourth-order valence-electron chi connectivity index (χ4n) is 5.57. The Morgan fingerprint density at radius 3 is 2.44 bits per heavy atom. The molecule has 290 valence electrons. The molecule has 0 spiro atoms. The maximum Gasteiger partial charge on any atom is 0.326 e. The second-order valence-electron chi connectivity index (χ2n) is 13.0. The minimum Gasteiger partial charge on any atom is -0.492 e. The summed E-state index contributed by atoms with van der Waals surface area (Å²) in [7, 11) is 1.61. The zero-order valence-corrected chi connectivity index (χ0v) is 30.5. The third-order valence-corrected chi connectivity index (χ3v) is 8.82. The van der Waals surface area contributed by atoms with Crippen LogP contribution in [-0.2, 0) is 54.6 Å². The van der Waals surface area contributed by atoms with Crippen LogP contribution in [0.5, 0.6) is 5.75 Å². The highest BCUT2D eigenvalue weighted by atomic mass is 16.5. The molecule has 4 unspecified atom stereocenters. The second kappa shape index (κ2) is 21.0. The third-order valence-electron chi connectivity index (χ3n) is 8.82. The molecule has 54 heavy (non-hydrogen) atoms. The summed E-state index contributed by atoms with van der Waals surface area (Å²) < 4.78 is 7.44. The van der Waals surface area contributed by atoms with Gasteiger partial charge in [-0.2, -0.15) is 0 Å². The lowest BCUT2D eigenvalue weighted by Crippen LogP contribution is -2.55. The molecule has 17 heteroatoms. The highest BCUT2D eigenvalue weighted by Gasteiger charge is 2.28. The van der Waals surface area contributed by atoms with Crippen molar-refractivity contribution in [2.45, 2.75) is 82.6 Å². The maximum atomic E-state index is 13.6. The van der Waals surface area contributed by atoms with Crippen LogP contribution < -0.4 is 36.6 Å². The van der Waals surface area contributed by atoms with Gasteiger partial charge in [0, 0.05) is 38.4 Å². The van der Waals surface area contributed by atoms with Crippen LogP contribution in [0, 0.1) is 0 Å². The van der Waals surface area contributed by atoms with Crippen molar-refractivity contribution < 1.29 is 38.6 Å². The van der Waals surface area contributed by atoms with Gasteiger partial charge >= 0.3 is 5.97 Å². The van der Waals surface area contributed by atoms with E-state index in [2.05, 4.69) is 42.2 Å². The average molecular weight is 748 g/mol. The number of hydrogen-bond donors (Lipinski definition) is 7. The standard InChI is InChI=1S/C37H49N9O8/c1-24(38-2)34(49)42-29-10-6-7-17-39-32(47)16-13-27-23-46(45-44-27)18-19-54-28-14-11-26(12-15-28)21-31(37(52)53)43-36(51)30(20-25-8-4-3-5-9-25)41-33(48)22-40-35(29)50/h3-5,8-9,11-12,14-15,23-24,29-31,38H,6-7,10,13,16-22H2,1-2H3,(H,39,47)(H,40,50)(H,41,48)(H,42,49)(H,43,51)(H,52,53). The van der Waals surface area contributed by atoms with Gasteiger partial charge in [-0.3, -0.25) is 24.0 Å². The number of fused-ring (bicyclic) bond motifs is 22. The van der Waals surface area contributed by atoms with Gasteiger partial charge in [-0.25, -0.2) is 9.48 Å². The van der Waals surface area contributed by atoms with E-state index in [9.17, 15) is 33.9 Å². The molecule has 5 amide bonds. The Bertz CT molecular complexity index is 1720. The third kappa shape index (κ3) is 13.6. The molecule has 4 bridgehead atoms. The average Bonchev–Trinajstić information content (AvgIpc) is 3.62. The van der Waals surface area contributed by atoms with E-state index < -0.39 is 60.3 Å². The van der Waals surface area contributed by atoms with Gasteiger partial charge in [-0.15, -0.1) is 5.10 Å². The van der Waals surface area contributed by atoms with Crippen molar-refractivity contribution in [2.75, 3.05) is 26.7 Å². The lowest BCUT2D eigenvalue weighted by molar-refractivity contribution is -0.142. The van der Waals surface area contributed by atoms with Crippen LogP contribution in [0.25, 0.3) is 0 Å². The molecular formula is C37H49N9O8. The Morgan fingerprint density at radius 1 is 0.963 bits per heavy atom. The maximum absolute atomic E-state index is 13.6. The number of aromatic nitrogens is 3. The van der Waals surface area contributed by atoms with Gasteiger partial charge in [-0.1, -0.05) is 47.7 Å². The van der Waals surface area contributed by atoms with Crippen LogP contribution in [0.15, 0.2) is 60.8 Å². The molecule has 17 nitrogen and oxygen atoms in total. The Hall–Kier alpha value is -5.84. The van der Waals surface area contributed by atoms with E-state index in [1.165, 1.54) is 0 Å². The van der Waals surface area contributed by atoms with Crippen LogP contribution >= 0.6 is 0 Å². The first kappa shape index (κ1) is 40.9. The monoisotopic (exact) mass is 747 g/mol. The number of carbonyl (C=O) groups excluding carboxylic acids is 5. The molecule has 4 atom stereocenters. The predicted octanol–water partition coefficient (Wildman–Crippen LogP) is -0.362. The highest BCUT2D eigenvalue weighted by Crippen LogP contribution is 2.15.